The van der Waals surface area contributed by atoms with Gasteiger partial charge in [0.1, 0.15) is 0 Å². The molecule has 6 heteroatoms. The molecule has 0 aliphatic rings. The number of nitrogens with two attached hydrogens (primary N) is 2. The summed E-state index contributed by atoms with van der Waals surface area (Å²) in [7, 11) is 3.44. The summed E-state index contributed by atoms with van der Waals surface area (Å²) in [5.41, 5.74) is 10.7. The van der Waals surface area contributed by atoms with Crippen LogP contribution in [0.4, 0.5) is 0 Å². The van der Waals surface area contributed by atoms with Crippen LogP contribution in [0.25, 0.3) is 0 Å². The third-order valence-electron chi connectivity index (χ3n) is 1.18. The molecule has 0 saturated carbocycles. The maximum atomic E-state index is 11.0. The first-order valence-corrected chi connectivity index (χ1v) is 6.65. The minimum atomic E-state index is -0.415. The van der Waals surface area contributed by atoms with Gasteiger partial charge in [-0.3, -0.25) is 4.79 Å². The summed E-state index contributed by atoms with van der Waals surface area (Å²) in [6.45, 7) is 3.04. The van der Waals surface area contributed by atoms with Crippen LogP contribution in [0.3, 0.4) is 0 Å². The molecule has 0 heterocycles. The van der Waals surface area contributed by atoms with E-state index >= 15 is 0 Å². The van der Waals surface area contributed by atoms with Gasteiger partial charge in [-0.1, -0.05) is 21.6 Å². The van der Waals surface area contributed by atoms with Gasteiger partial charge in [0.25, 0.3) is 0 Å². The Hall–Kier alpha value is 0.0900. The Labute approximate surface area is 87.0 Å². The molecule has 0 aliphatic carbocycles. The van der Waals surface area contributed by atoms with E-state index in [4.69, 9.17) is 11.5 Å². The van der Waals surface area contributed by atoms with E-state index in [1.54, 1.807) is 28.5 Å². The van der Waals surface area contributed by atoms with Crippen LogP contribution in [0, 0.1) is 0 Å². The molecule has 0 fully saturated rings. The number of carbonyl (C=O) groups is 1. The number of amides is 1. The van der Waals surface area contributed by atoms with E-state index in [9.17, 15) is 4.79 Å². The van der Waals surface area contributed by atoms with Gasteiger partial charge in [-0.25, -0.2) is 0 Å². The van der Waals surface area contributed by atoms with Gasteiger partial charge < -0.3 is 16.8 Å². The Morgan fingerprint density at radius 3 is 2.62 bits per heavy atom. The van der Waals surface area contributed by atoms with E-state index in [-0.39, 0.29) is 5.91 Å². The van der Waals surface area contributed by atoms with Crippen LogP contribution in [0.1, 0.15) is 6.92 Å². The van der Waals surface area contributed by atoms with Gasteiger partial charge in [0, 0.05) is 24.6 Å². The molecule has 4 nitrogen and oxygen atoms in total. The van der Waals surface area contributed by atoms with E-state index in [1.165, 1.54) is 0 Å². The second-order valence-electron chi connectivity index (χ2n) is 2.51. The molecule has 0 bridgehead atoms. The molecule has 78 valence electrons. The summed E-state index contributed by atoms with van der Waals surface area (Å²) in [6, 6.07) is -0.415. The molecule has 0 radical (unpaired) electrons. The van der Waals surface area contributed by atoms with Gasteiger partial charge in [0.05, 0.1) is 6.04 Å². The van der Waals surface area contributed by atoms with Crippen molar-refractivity contribution in [3.05, 3.63) is 0 Å². The Balaban J connectivity index is 3.12. The highest BCUT2D eigenvalue weighted by Crippen LogP contribution is 2.18. The molecule has 5 N–H and O–H groups in total. The Morgan fingerprint density at radius 1 is 1.46 bits per heavy atom. The van der Waals surface area contributed by atoms with Crippen molar-refractivity contribution >= 4 is 27.5 Å². The first-order valence-electron chi connectivity index (χ1n) is 4.16. The van der Waals surface area contributed by atoms with Crippen molar-refractivity contribution in [2.45, 2.75) is 13.0 Å². The van der Waals surface area contributed by atoms with Crippen LogP contribution in [0.15, 0.2) is 0 Å². The standard InChI is InChI=1S/C7H17N3OS2/c1-6(9)7(11)10-3-5-13-12-4-2-8/h6H,2-5,8-9H2,1H3,(H,10,11)/t6-/m0/s1. The number of carbonyl (C=O) groups excluding carboxylic acids is 1. The summed E-state index contributed by atoms with van der Waals surface area (Å²) in [5, 5.41) is 2.73. The summed E-state index contributed by atoms with van der Waals surface area (Å²) < 4.78 is 0. The molecule has 1 amide bonds. The molecule has 0 saturated heterocycles. The van der Waals surface area contributed by atoms with Gasteiger partial charge in [0.15, 0.2) is 0 Å². The fraction of sp³-hybridized carbons (Fsp3) is 0.857. The fourth-order valence-corrected chi connectivity index (χ4v) is 2.31. The van der Waals surface area contributed by atoms with E-state index in [0.29, 0.717) is 13.1 Å². The van der Waals surface area contributed by atoms with Gasteiger partial charge in [-0.15, -0.1) is 0 Å². The average Bonchev–Trinajstić information content (AvgIpc) is 2.10. The first kappa shape index (κ1) is 13.1. The van der Waals surface area contributed by atoms with E-state index < -0.39 is 6.04 Å². The lowest BCUT2D eigenvalue weighted by molar-refractivity contribution is -0.121. The highest BCUT2D eigenvalue weighted by Gasteiger charge is 2.04. The minimum Gasteiger partial charge on any atom is -0.354 e. The number of hydrogen-bond donors (Lipinski definition) is 3. The molecule has 0 aliphatic heterocycles. The highest BCUT2D eigenvalue weighted by atomic mass is 33.1. The van der Waals surface area contributed by atoms with E-state index in [2.05, 4.69) is 5.32 Å². The summed E-state index contributed by atoms with van der Waals surface area (Å²) in [4.78, 5) is 11.0. The molecule has 0 aromatic heterocycles. The van der Waals surface area contributed by atoms with Crippen LogP contribution in [-0.2, 0) is 4.79 Å². The van der Waals surface area contributed by atoms with Crippen molar-refractivity contribution in [3.8, 4) is 0 Å². The van der Waals surface area contributed by atoms with E-state index in [1.807, 2.05) is 0 Å². The third kappa shape index (κ3) is 8.42. The van der Waals surface area contributed by atoms with Crippen LogP contribution in [0.2, 0.25) is 0 Å². The lowest BCUT2D eigenvalue weighted by Crippen LogP contribution is -2.39. The first-order chi connectivity index (χ1) is 6.18. The van der Waals surface area contributed by atoms with Gasteiger partial charge in [-0.05, 0) is 6.92 Å². The van der Waals surface area contributed by atoms with Crippen LogP contribution >= 0.6 is 21.6 Å². The lowest BCUT2D eigenvalue weighted by Gasteiger charge is -2.06. The summed E-state index contributed by atoms with van der Waals surface area (Å²) in [6.07, 6.45) is 0. The van der Waals surface area contributed by atoms with Crippen molar-refractivity contribution in [3.63, 3.8) is 0 Å². The largest absolute Gasteiger partial charge is 0.354 e. The molecule has 0 spiro atoms. The van der Waals surface area contributed by atoms with Crippen LogP contribution in [0.5, 0.6) is 0 Å². The summed E-state index contributed by atoms with van der Waals surface area (Å²) in [5.74, 6) is 1.75. The van der Waals surface area contributed by atoms with Crippen molar-refractivity contribution in [2.24, 2.45) is 11.5 Å². The molecule has 0 aromatic carbocycles. The molecule has 13 heavy (non-hydrogen) atoms. The molecule has 0 rings (SSSR count). The maximum Gasteiger partial charge on any atom is 0.236 e. The molecule has 0 aromatic rings. The van der Waals surface area contributed by atoms with Crippen LogP contribution in [-0.4, -0.2) is 36.5 Å². The van der Waals surface area contributed by atoms with Gasteiger partial charge in [0.2, 0.25) is 5.91 Å². The summed E-state index contributed by atoms with van der Waals surface area (Å²) >= 11 is 0. The van der Waals surface area contributed by atoms with Gasteiger partial charge >= 0.3 is 0 Å². The number of rotatable bonds is 7. The predicted octanol–water partition coefficient (Wildman–Crippen LogP) is -0.210. The normalized spacial score (nSPS) is 12.5. The lowest BCUT2D eigenvalue weighted by atomic mass is 10.3. The van der Waals surface area contributed by atoms with E-state index in [0.717, 1.165) is 11.5 Å². The maximum absolute atomic E-state index is 11.0. The molecular weight excluding hydrogens is 206 g/mol. The Bertz CT molecular complexity index is 144. The van der Waals surface area contributed by atoms with Crippen molar-refractivity contribution in [2.75, 3.05) is 24.6 Å². The molecular formula is C7H17N3OS2. The fourth-order valence-electron chi connectivity index (χ4n) is 0.543. The second kappa shape index (κ2) is 8.68. The Morgan fingerprint density at radius 2 is 2.08 bits per heavy atom. The topological polar surface area (TPSA) is 81.1 Å². The zero-order valence-corrected chi connectivity index (χ0v) is 9.42. The minimum absolute atomic E-state index is 0.0931. The van der Waals surface area contributed by atoms with Crippen molar-refractivity contribution < 1.29 is 4.79 Å². The molecule has 1 atom stereocenters. The Kier molecular flexibility index (Phi) is 8.74. The monoisotopic (exact) mass is 223 g/mol. The van der Waals surface area contributed by atoms with Crippen molar-refractivity contribution in [1.29, 1.82) is 0 Å². The number of hydrogen-bond acceptors (Lipinski definition) is 5. The second-order valence-corrected chi connectivity index (χ2v) is 5.21. The number of nitrogens with one attached hydrogen (secondary N) is 1. The van der Waals surface area contributed by atoms with Gasteiger partial charge in [-0.2, -0.15) is 0 Å². The SMILES string of the molecule is C[C@H](N)C(=O)NCCSSCCN. The molecule has 0 unspecified atom stereocenters. The third-order valence-corrected chi connectivity index (χ3v) is 3.62. The predicted molar refractivity (Wildman–Crippen MR) is 60.6 cm³/mol. The van der Waals surface area contributed by atoms with Crippen molar-refractivity contribution in [1.82, 2.24) is 5.32 Å². The zero-order valence-electron chi connectivity index (χ0n) is 7.79. The average molecular weight is 223 g/mol. The quantitative estimate of drug-likeness (QED) is 0.411. The smallest absolute Gasteiger partial charge is 0.236 e. The highest BCUT2D eigenvalue weighted by molar-refractivity contribution is 8.76. The van der Waals surface area contributed by atoms with Crippen LogP contribution < -0.4 is 16.8 Å². The zero-order chi connectivity index (χ0) is 10.1.